The third-order valence-electron chi connectivity index (χ3n) is 4.55. The van der Waals surface area contributed by atoms with Crippen LogP contribution in [0.3, 0.4) is 0 Å². The molecule has 0 aromatic heterocycles. The molecular formula is C20H21NO3. The Balaban J connectivity index is 1.56. The van der Waals surface area contributed by atoms with E-state index in [1.54, 1.807) is 24.3 Å². The van der Waals surface area contributed by atoms with Crippen LogP contribution in [0.2, 0.25) is 0 Å². The molecule has 3 rings (SSSR count). The summed E-state index contributed by atoms with van der Waals surface area (Å²) in [6.45, 7) is 0. The van der Waals surface area contributed by atoms with Crippen LogP contribution in [0, 0.1) is 0 Å². The number of hydrogen-bond donors (Lipinski definition) is 2. The fourth-order valence-electron chi connectivity index (χ4n) is 3.24. The van der Waals surface area contributed by atoms with E-state index < -0.39 is 5.97 Å². The van der Waals surface area contributed by atoms with Crippen molar-refractivity contribution in [2.75, 3.05) is 0 Å². The first-order chi connectivity index (χ1) is 11.6. The summed E-state index contributed by atoms with van der Waals surface area (Å²) in [5.41, 5.74) is 3.81. The van der Waals surface area contributed by atoms with E-state index in [0.29, 0.717) is 12.8 Å². The molecular weight excluding hydrogens is 302 g/mol. The van der Waals surface area contributed by atoms with Crippen LogP contribution in [0.15, 0.2) is 48.5 Å². The number of nitrogens with one attached hydrogen (secondary N) is 1. The summed E-state index contributed by atoms with van der Waals surface area (Å²) in [4.78, 5) is 23.1. The van der Waals surface area contributed by atoms with Gasteiger partial charge in [0.2, 0.25) is 5.91 Å². The van der Waals surface area contributed by atoms with Gasteiger partial charge in [0.1, 0.15) is 0 Å². The first kappa shape index (κ1) is 16.2. The molecule has 4 heteroatoms. The Bertz CT molecular complexity index is 737. The quantitative estimate of drug-likeness (QED) is 0.885. The van der Waals surface area contributed by atoms with Crippen molar-refractivity contribution in [2.45, 2.75) is 38.1 Å². The van der Waals surface area contributed by atoms with E-state index >= 15 is 0 Å². The maximum atomic E-state index is 12.3. The molecule has 1 aliphatic carbocycles. The van der Waals surface area contributed by atoms with Crippen molar-refractivity contribution in [2.24, 2.45) is 0 Å². The average molecular weight is 323 g/mol. The van der Waals surface area contributed by atoms with Gasteiger partial charge in [0.15, 0.2) is 0 Å². The van der Waals surface area contributed by atoms with Gasteiger partial charge in [0, 0.05) is 6.42 Å². The van der Waals surface area contributed by atoms with Crippen LogP contribution in [0.4, 0.5) is 0 Å². The van der Waals surface area contributed by atoms with Crippen molar-refractivity contribution in [3.05, 3.63) is 70.8 Å². The van der Waals surface area contributed by atoms with E-state index in [1.165, 1.54) is 11.1 Å². The third kappa shape index (κ3) is 3.82. The smallest absolute Gasteiger partial charge is 0.335 e. The number of fused-ring (bicyclic) bond motifs is 1. The highest BCUT2D eigenvalue weighted by atomic mass is 16.4. The third-order valence-corrected chi connectivity index (χ3v) is 4.55. The van der Waals surface area contributed by atoms with Crippen molar-refractivity contribution in [1.82, 2.24) is 5.32 Å². The molecule has 124 valence electrons. The van der Waals surface area contributed by atoms with E-state index in [-0.39, 0.29) is 17.5 Å². The SMILES string of the molecule is O=C(CCc1ccc(C(=O)O)cc1)NC1CCCc2ccccc21. The number of hydrogen-bond acceptors (Lipinski definition) is 2. The normalized spacial score (nSPS) is 16.2. The van der Waals surface area contributed by atoms with Gasteiger partial charge in [-0.3, -0.25) is 4.79 Å². The maximum absolute atomic E-state index is 12.3. The molecule has 0 bridgehead atoms. The number of carbonyl (C=O) groups is 2. The molecule has 0 saturated carbocycles. The second-order valence-corrected chi connectivity index (χ2v) is 6.21. The van der Waals surface area contributed by atoms with Crippen molar-refractivity contribution >= 4 is 11.9 Å². The molecule has 1 aliphatic rings. The van der Waals surface area contributed by atoms with Crippen LogP contribution in [-0.2, 0) is 17.6 Å². The van der Waals surface area contributed by atoms with Crippen LogP contribution in [0.1, 0.15) is 52.4 Å². The predicted octanol–water partition coefficient (Wildman–Crippen LogP) is 3.51. The van der Waals surface area contributed by atoms with Crippen molar-refractivity contribution in [3.63, 3.8) is 0 Å². The summed E-state index contributed by atoms with van der Waals surface area (Å²) in [6.07, 6.45) is 4.18. The molecule has 2 aromatic carbocycles. The van der Waals surface area contributed by atoms with Gasteiger partial charge in [-0.05, 0) is 54.5 Å². The van der Waals surface area contributed by atoms with Gasteiger partial charge >= 0.3 is 5.97 Å². The standard InChI is InChI=1S/C20H21NO3/c22-19(13-10-14-8-11-16(12-9-14)20(23)24)21-18-7-3-5-15-4-1-2-6-17(15)18/h1-2,4,6,8-9,11-12,18H,3,5,7,10,13H2,(H,21,22)(H,23,24). The topological polar surface area (TPSA) is 66.4 Å². The minimum Gasteiger partial charge on any atom is -0.478 e. The van der Waals surface area contributed by atoms with Gasteiger partial charge in [-0.2, -0.15) is 0 Å². The van der Waals surface area contributed by atoms with E-state index in [9.17, 15) is 9.59 Å². The second kappa shape index (κ2) is 7.30. The van der Waals surface area contributed by atoms with Gasteiger partial charge in [-0.25, -0.2) is 4.79 Å². The lowest BCUT2D eigenvalue weighted by molar-refractivity contribution is -0.121. The summed E-state index contributed by atoms with van der Waals surface area (Å²) >= 11 is 0. The predicted molar refractivity (Wildman–Crippen MR) is 92.0 cm³/mol. The molecule has 2 N–H and O–H groups in total. The van der Waals surface area contributed by atoms with Crippen molar-refractivity contribution < 1.29 is 14.7 Å². The molecule has 0 aliphatic heterocycles. The number of amides is 1. The first-order valence-electron chi connectivity index (χ1n) is 8.33. The molecule has 0 radical (unpaired) electrons. The Hall–Kier alpha value is -2.62. The lowest BCUT2D eigenvalue weighted by Gasteiger charge is -2.26. The largest absolute Gasteiger partial charge is 0.478 e. The molecule has 0 saturated heterocycles. The molecule has 24 heavy (non-hydrogen) atoms. The highest BCUT2D eigenvalue weighted by Gasteiger charge is 2.21. The maximum Gasteiger partial charge on any atom is 0.335 e. The zero-order chi connectivity index (χ0) is 16.9. The molecule has 0 spiro atoms. The lowest BCUT2D eigenvalue weighted by atomic mass is 9.87. The minimum atomic E-state index is -0.935. The van der Waals surface area contributed by atoms with E-state index in [0.717, 1.165) is 24.8 Å². The number of aryl methyl sites for hydroxylation is 2. The van der Waals surface area contributed by atoms with Gasteiger partial charge < -0.3 is 10.4 Å². The summed E-state index contributed by atoms with van der Waals surface area (Å²) in [5, 5.41) is 12.0. The Morgan fingerprint density at radius 2 is 1.83 bits per heavy atom. The summed E-state index contributed by atoms with van der Waals surface area (Å²) in [7, 11) is 0. The fraction of sp³-hybridized carbons (Fsp3) is 0.300. The zero-order valence-electron chi connectivity index (χ0n) is 13.5. The summed E-state index contributed by atoms with van der Waals surface area (Å²) < 4.78 is 0. The Morgan fingerprint density at radius 1 is 1.08 bits per heavy atom. The van der Waals surface area contributed by atoms with Crippen LogP contribution < -0.4 is 5.32 Å². The molecule has 0 heterocycles. The van der Waals surface area contributed by atoms with E-state index in [1.807, 2.05) is 12.1 Å². The molecule has 0 fully saturated rings. The second-order valence-electron chi connectivity index (χ2n) is 6.21. The van der Waals surface area contributed by atoms with Gasteiger partial charge in [-0.15, -0.1) is 0 Å². The number of carboxylic acid groups (broad SMARTS) is 1. The average Bonchev–Trinajstić information content (AvgIpc) is 2.61. The van der Waals surface area contributed by atoms with Gasteiger partial charge in [-0.1, -0.05) is 36.4 Å². The zero-order valence-corrected chi connectivity index (χ0v) is 13.5. The number of aromatic carboxylic acids is 1. The van der Waals surface area contributed by atoms with Crippen LogP contribution >= 0.6 is 0 Å². The van der Waals surface area contributed by atoms with Crippen LogP contribution in [0.25, 0.3) is 0 Å². The Kier molecular flexibility index (Phi) is 4.94. The summed E-state index contributed by atoms with van der Waals surface area (Å²) in [5.74, 6) is -0.894. The van der Waals surface area contributed by atoms with Crippen LogP contribution in [0.5, 0.6) is 0 Å². The molecule has 2 aromatic rings. The van der Waals surface area contributed by atoms with Gasteiger partial charge in [0.25, 0.3) is 0 Å². The lowest BCUT2D eigenvalue weighted by Crippen LogP contribution is -2.31. The highest BCUT2D eigenvalue weighted by molar-refractivity contribution is 5.87. The molecule has 1 unspecified atom stereocenters. The molecule has 1 amide bonds. The Labute approximate surface area is 141 Å². The number of carboxylic acids is 1. The Morgan fingerprint density at radius 3 is 2.58 bits per heavy atom. The monoisotopic (exact) mass is 323 g/mol. The van der Waals surface area contributed by atoms with Gasteiger partial charge in [0.05, 0.1) is 11.6 Å². The van der Waals surface area contributed by atoms with E-state index in [2.05, 4.69) is 17.4 Å². The van der Waals surface area contributed by atoms with E-state index in [4.69, 9.17) is 5.11 Å². The minimum absolute atomic E-state index is 0.0408. The molecule has 4 nitrogen and oxygen atoms in total. The van der Waals surface area contributed by atoms with Crippen molar-refractivity contribution in [3.8, 4) is 0 Å². The number of benzene rings is 2. The highest BCUT2D eigenvalue weighted by Crippen LogP contribution is 2.29. The number of rotatable bonds is 5. The fourth-order valence-corrected chi connectivity index (χ4v) is 3.24. The molecule has 1 atom stereocenters. The first-order valence-corrected chi connectivity index (χ1v) is 8.33. The number of carbonyl (C=O) groups excluding carboxylic acids is 1. The summed E-state index contributed by atoms with van der Waals surface area (Å²) in [6, 6.07) is 15.1. The van der Waals surface area contributed by atoms with Crippen LogP contribution in [-0.4, -0.2) is 17.0 Å². The van der Waals surface area contributed by atoms with Crippen molar-refractivity contribution in [1.29, 1.82) is 0 Å².